The number of amides is 1. The molecule has 0 aliphatic heterocycles. The quantitative estimate of drug-likeness (QED) is 0.0371. The lowest BCUT2D eigenvalue weighted by Gasteiger charge is -2.14. The number of aromatic carboxylic acids is 3. The minimum Gasteiger partial charge on any atom is -0.478 e. The van der Waals surface area contributed by atoms with Gasteiger partial charge < -0.3 is 39.0 Å². The number of carbonyl (C=O) groups is 14. The predicted octanol–water partition coefficient (Wildman–Crippen LogP) is 12.6. The molecule has 99 heavy (non-hydrogen) atoms. The Kier molecular flexibility index (Phi) is 35.4. The lowest BCUT2D eigenvalue weighted by molar-refractivity contribution is -0.0757. The summed E-state index contributed by atoms with van der Waals surface area (Å²) in [5, 5.41) is 27.2. The number of carbonyl (C=O) groups excluding carboxylic acids is 11. The lowest BCUT2D eigenvalue weighted by Crippen LogP contribution is -2.25. The molecule has 7 aromatic rings. The molecule has 0 heterocycles. The van der Waals surface area contributed by atoms with Crippen molar-refractivity contribution in [3.63, 3.8) is 0 Å². The van der Waals surface area contributed by atoms with E-state index in [0.717, 1.165) is 38.4 Å². The van der Waals surface area contributed by atoms with Crippen molar-refractivity contribution in [3.8, 4) is 0 Å². The number of hydrogen-bond acceptors (Lipinski definition) is 20. The molecule has 1 amide bonds. The predicted molar refractivity (Wildman–Crippen MR) is 365 cm³/mol. The standard InChI is InChI=1S/C12H15NO4.3C11H12O3.C10H10O4.2C10H10O3/c1-8-5-9(11(14)13(2)17-4)7-10(6-8)12(15)16-3;3*1-7-4-9(8(2)12)6-10(5-7)11(13)14-3;1-6-3-7(9(11)12)5-8(4-6)10(13)14-2;2*1-6-3-8(7(2)11)5-9(4-6)10(12)13/h5-7H,1-4H3;3*4-6H,1-3H3;3-5H,1-2H3,(H,11,12);2*3-5H,1-2H3,(H,12,13). The summed E-state index contributed by atoms with van der Waals surface area (Å²) >= 11 is 0. The zero-order chi connectivity index (χ0) is 75.9. The number of ether oxygens (including phenoxy) is 5. The Morgan fingerprint density at radius 2 is 0.384 bits per heavy atom. The molecule has 0 fully saturated rings. The zero-order valence-electron chi connectivity index (χ0n) is 58.6. The first kappa shape index (κ1) is 85.1. The molecule has 0 aliphatic rings. The number of hydrogen-bond donors (Lipinski definition) is 3. The molecule has 7 rings (SSSR count). The first-order chi connectivity index (χ1) is 46.2. The van der Waals surface area contributed by atoms with E-state index in [0.29, 0.717) is 61.2 Å². The van der Waals surface area contributed by atoms with Crippen LogP contribution in [0.1, 0.15) is 219 Å². The van der Waals surface area contributed by atoms with Crippen LogP contribution in [-0.2, 0) is 28.5 Å². The largest absolute Gasteiger partial charge is 0.478 e. The summed E-state index contributed by atoms with van der Waals surface area (Å²) < 4.78 is 22.8. The molecule has 3 N–H and O–H groups in total. The highest BCUT2D eigenvalue weighted by atomic mass is 16.7. The van der Waals surface area contributed by atoms with Crippen molar-refractivity contribution >= 4 is 82.6 Å². The second-order valence-electron chi connectivity index (χ2n) is 21.8. The fourth-order valence-electron chi connectivity index (χ4n) is 8.44. The van der Waals surface area contributed by atoms with E-state index in [2.05, 4.69) is 23.7 Å². The van der Waals surface area contributed by atoms with Gasteiger partial charge in [0.25, 0.3) is 5.91 Å². The van der Waals surface area contributed by atoms with E-state index in [4.69, 9.17) is 20.2 Å². The summed E-state index contributed by atoms with van der Waals surface area (Å²) in [6, 6.07) is 33.3. The number of ketones is 5. The molecule has 0 saturated carbocycles. The van der Waals surface area contributed by atoms with Crippen molar-refractivity contribution in [1.29, 1.82) is 0 Å². The van der Waals surface area contributed by atoms with E-state index in [-0.39, 0.29) is 57.1 Å². The van der Waals surface area contributed by atoms with Crippen molar-refractivity contribution in [2.45, 2.75) is 83.1 Å². The van der Waals surface area contributed by atoms with Crippen molar-refractivity contribution in [1.82, 2.24) is 5.06 Å². The van der Waals surface area contributed by atoms with Crippen LogP contribution < -0.4 is 0 Å². The summed E-state index contributed by atoms with van der Waals surface area (Å²) in [7, 11) is 9.41. The molecule has 0 atom stereocenters. The van der Waals surface area contributed by atoms with Crippen molar-refractivity contribution in [2.75, 3.05) is 49.7 Å². The van der Waals surface area contributed by atoms with Gasteiger partial charge >= 0.3 is 47.8 Å². The van der Waals surface area contributed by atoms with Gasteiger partial charge in [-0.1, -0.05) is 0 Å². The molecule has 0 aliphatic carbocycles. The average Bonchev–Trinajstić information content (AvgIpc) is 0.954. The number of esters is 5. The number of rotatable bonds is 15. The molecule has 0 bridgehead atoms. The molecular formula is C75H81NO23. The van der Waals surface area contributed by atoms with Crippen LogP contribution in [0.15, 0.2) is 127 Å². The van der Waals surface area contributed by atoms with Gasteiger partial charge in [0.1, 0.15) is 0 Å². The third-order valence-corrected chi connectivity index (χ3v) is 13.2. The average molecular weight is 1360 g/mol. The fraction of sp³-hybridized carbons (Fsp3) is 0.253. The SMILES string of the molecule is CC(=O)c1cc(C)cc(C(=O)O)c1.CC(=O)c1cc(C)cc(C(=O)O)c1.COC(=O)c1cc(C)cc(C(=O)N(C)OC)c1.COC(=O)c1cc(C)cc(C(=O)O)c1.COC(=O)c1cc(C)cc(C(C)=O)c1.COC(=O)c1cc(C)cc(C(C)=O)c1.COC(=O)c1cc(C)cc(C(C)=O)c1. The van der Waals surface area contributed by atoms with E-state index in [1.165, 1.54) is 127 Å². The Bertz CT molecular complexity index is 3750. The monoisotopic (exact) mass is 1360 g/mol. The highest BCUT2D eigenvalue weighted by Gasteiger charge is 2.17. The maximum absolute atomic E-state index is 11.8. The summed E-state index contributed by atoms with van der Waals surface area (Å²) in [6.45, 7) is 19.8. The minimum absolute atomic E-state index is 0.0566. The van der Waals surface area contributed by atoms with Crippen LogP contribution in [0, 0.1) is 48.5 Å². The van der Waals surface area contributed by atoms with Crippen molar-refractivity contribution in [3.05, 3.63) is 244 Å². The third-order valence-electron chi connectivity index (χ3n) is 13.2. The Balaban J connectivity index is 0.000000578. The summed E-state index contributed by atoms with van der Waals surface area (Å²) in [6.07, 6.45) is 0. The molecule has 0 unspecified atom stereocenters. The summed E-state index contributed by atoms with van der Waals surface area (Å²) in [5.74, 6) is -6.06. The van der Waals surface area contributed by atoms with Crippen LogP contribution in [0.3, 0.4) is 0 Å². The maximum atomic E-state index is 11.8. The highest BCUT2D eigenvalue weighted by molar-refractivity contribution is 6.02. The first-order valence-corrected chi connectivity index (χ1v) is 29.5. The molecule has 24 nitrogen and oxygen atoms in total. The van der Waals surface area contributed by atoms with Gasteiger partial charge in [0.15, 0.2) is 28.9 Å². The number of carboxylic acid groups (broad SMARTS) is 3. The van der Waals surface area contributed by atoms with Crippen LogP contribution in [0.2, 0.25) is 0 Å². The van der Waals surface area contributed by atoms with Gasteiger partial charge in [-0.2, -0.15) is 0 Å². The molecule has 24 heteroatoms. The fourth-order valence-corrected chi connectivity index (χ4v) is 8.44. The van der Waals surface area contributed by atoms with Crippen LogP contribution in [0.5, 0.6) is 0 Å². The van der Waals surface area contributed by atoms with Gasteiger partial charge in [0, 0.05) is 40.4 Å². The number of methoxy groups -OCH3 is 5. The van der Waals surface area contributed by atoms with E-state index in [9.17, 15) is 67.1 Å². The van der Waals surface area contributed by atoms with Crippen LogP contribution in [0.25, 0.3) is 0 Å². The van der Waals surface area contributed by atoms with Crippen molar-refractivity contribution in [2.24, 2.45) is 0 Å². The van der Waals surface area contributed by atoms with E-state index >= 15 is 0 Å². The zero-order valence-corrected chi connectivity index (χ0v) is 58.6. The van der Waals surface area contributed by atoms with E-state index in [1.807, 2.05) is 20.8 Å². The van der Waals surface area contributed by atoms with Crippen molar-refractivity contribution < 1.29 is 111 Å². The molecule has 0 radical (unpaired) electrons. The summed E-state index contributed by atoms with van der Waals surface area (Å²) in [4.78, 5) is 160. The summed E-state index contributed by atoms with van der Waals surface area (Å²) in [5.41, 5.74) is 10.8. The Morgan fingerprint density at radius 1 is 0.242 bits per heavy atom. The number of Topliss-reactive ketones (excluding diaryl/α,β-unsaturated/α-hetero) is 5. The van der Waals surface area contributed by atoms with Gasteiger partial charge in [0.2, 0.25) is 0 Å². The minimum atomic E-state index is -1.06. The van der Waals surface area contributed by atoms with Crippen LogP contribution in [0.4, 0.5) is 0 Å². The number of aryl methyl sites for hydroxylation is 7. The normalized spacial score (nSPS) is 9.69. The smallest absolute Gasteiger partial charge is 0.337 e. The third kappa shape index (κ3) is 29.3. The van der Waals surface area contributed by atoms with Gasteiger partial charge in [-0.25, -0.2) is 43.4 Å². The second-order valence-corrected chi connectivity index (χ2v) is 21.8. The number of hydroxylamine groups is 2. The lowest BCUT2D eigenvalue weighted by atomic mass is 10.0. The Morgan fingerprint density at radius 3 is 0.545 bits per heavy atom. The number of nitrogens with zero attached hydrogens (tertiary/aromatic N) is 1. The highest BCUT2D eigenvalue weighted by Crippen LogP contribution is 2.18. The van der Waals surface area contributed by atoms with Crippen LogP contribution >= 0.6 is 0 Å². The topological polar surface area (TPSA) is 358 Å². The first-order valence-electron chi connectivity index (χ1n) is 29.5. The van der Waals surface area contributed by atoms with E-state index in [1.54, 1.807) is 113 Å². The molecule has 7 aromatic carbocycles. The Labute approximate surface area is 573 Å². The molecule has 0 aromatic heterocycles. The van der Waals surface area contributed by atoms with Gasteiger partial charge in [0.05, 0.1) is 87.2 Å². The van der Waals surface area contributed by atoms with Gasteiger partial charge in [-0.05, 0) is 249 Å². The molecule has 0 spiro atoms. The number of benzene rings is 7. The van der Waals surface area contributed by atoms with Gasteiger partial charge in [-0.3, -0.25) is 33.6 Å². The Hall–Kier alpha value is -11.9. The molecular weight excluding hydrogens is 1280 g/mol. The van der Waals surface area contributed by atoms with E-state index < -0.39 is 47.8 Å². The number of carboxylic acids is 3. The molecule has 0 saturated heterocycles. The van der Waals surface area contributed by atoms with Gasteiger partial charge in [-0.15, -0.1) is 0 Å². The maximum Gasteiger partial charge on any atom is 0.337 e. The van der Waals surface area contributed by atoms with Crippen LogP contribution in [-0.4, -0.2) is 153 Å². The molecule has 524 valence electrons. The second kappa shape index (κ2) is 41.1.